The Morgan fingerprint density at radius 1 is 1.21 bits per heavy atom. The monoisotopic (exact) mass is 337 g/mol. The summed E-state index contributed by atoms with van der Waals surface area (Å²) in [5.74, 6) is 1.28. The van der Waals surface area contributed by atoms with Gasteiger partial charge in [0.25, 0.3) is 0 Å². The molecular formula is C19H31NO4. The number of benzene rings is 1. The number of alkyl carbamates (subject to hydrolysis) is 1. The highest BCUT2D eigenvalue weighted by molar-refractivity contribution is 5.68. The number of aliphatic hydroxyl groups excluding tert-OH is 1. The predicted octanol–water partition coefficient (Wildman–Crippen LogP) is 4.06. The normalized spacial score (nSPS) is 15.3. The van der Waals surface area contributed by atoms with Crippen LogP contribution < -0.4 is 10.1 Å². The summed E-state index contributed by atoms with van der Waals surface area (Å²) in [4.78, 5) is 12.0. The van der Waals surface area contributed by atoms with Crippen LogP contribution in [0.3, 0.4) is 0 Å². The maximum Gasteiger partial charge on any atom is 0.408 e. The molecule has 0 heterocycles. The number of nitrogens with one attached hydrogen (secondary N) is 1. The molecule has 0 aliphatic carbocycles. The molecule has 5 nitrogen and oxygen atoms in total. The van der Waals surface area contributed by atoms with Crippen LogP contribution in [0.15, 0.2) is 24.3 Å². The van der Waals surface area contributed by atoms with E-state index in [2.05, 4.69) is 19.2 Å². The Kier molecular flexibility index (Phi) is 7.55. The molecule has 5 heteroatoms. The van der Waals surface area contributed by atoms with Crippen LogP contribution in [0.1, 0.15) is 59.6 Å². The van der Waals surface area contributed by atoms with Crippen molar-refractivity contribution in [3.05, 3.63) is 29.8 Å². The van der Waals surface area contributed by atoms with E-state index in [0.717, 1.165) is 17.7 Å². The number of rotatable bonds is 7. The van der Waals surface area contributed by atoms with E-state index < -0.39 is 23.8 Å². The molecule has 0 aromatic heterocycles. The second kappa shape index (κ2) is 8.92. The number of ether oxygens (including phenoxy) is 2. The van der Waals surface area contributed by atoms with Gasteiger partial charge in [0.15, 0.2) is 0 Å². The number of amides is 1. The molecule has 0 fully saturated rings. The second-order valence-electron chi connectivity index (χ2n) is 7.26. The highest BCUT2D eigenvalue weighted by Gasteiger charge is 2.23. The maximum absolute atomic E-state index is 12.0. The van der Waals surface area contributed by atoms with Crippen LogP contribution in [0.2, 0.25) is 0 Å². The van der Waals surface area contributed by atoms with Crippen molar-refractivity contribution in [2.24, 2.45) is 5.92 Å². The molecule has 0 bridgehead atoms. The molecule has 24 heavy (non-hydrogen) atoms. The Labute approximate surface area is 145 Å². The van der Waals surface area contributed by atoms with E-state index >= 15 is 0 Å². The van der Waals surface area contributed by atoms with Crippen molar-refractivity contribution in [2.75, 3.05) is 6.61 Å². The molecule has 0 aliphatic rings. The van der Waals surface area contributed by atoms with E-state index in [0.29, 0.717) is 12.5 Å². The molecule has 0 saturated heterocycles. The van der Waals surface area contributed by atoms with E-state index in [-0.39, 0.29) is 0 Å². The van der Waals surface area contributed by atoms with Crippen molar-refractivity contribution in [3.8, 4) is 5.75 Å². The molecule has 2 N–H and O–H groups in total. The van der Waals surface area contributed by atoms with Gasteiger partial charge in [-0.05, 0) is 51.3 Å². The third kappa shape index (κ3) is 7.21. The lowest BCUT2D eigenvalue weighted by Crippen LogP contribution is -2.38. The summed E-state index contributed by atoms with van der Waals surface area (Å²) in [6.07, 6.45) is -0.225. The molecule has 0 radical (unpaired) electrons. The molecule has 3 atom stereocenters. The smallest absolute Gasteiger partial charge is 0.408 e. The summed E-state index contributed by atoms with van der Waals surface area (Å²) in [5.41, 5.74) is 0.216. The average Bonchev–Trinajstić information content (AvgIpc) is 2.49. The maximum atomic E-state index is 12.0. The van der Waals surface area contributed by atoms with Gasteiger partial charge in [-0.15, -0.1) is 0 Å². The zero-order chi connectivity index (χ0) is 18.3. The van der Waals surface area contributed by atoms with Gasteiger partial charge in [0.05, 0.1) is 18.8 Å². The fourth-order valence-electron chi connectivity index (χ4n) is 2.04. The number of hydrogen-bond donors (Lipinski definition) is 2. The summed E-state index contributed by atoms with van der Waals surface area (Å²) in [6.45, 7) is 12.0. The van der Waals surface area contributed by atoms with Gasteiger partial charge in [-0.3, -0.25) is 0 Å². The highest BCUT2D eigenvalue weighted by atomic mass is 16.6. The quantitative estimate of drug-likeness (QED) is 0.787. The lowest BCUT2D eigenvalue weighted by Gasteiger charge is -2.25. The molecule has 1 aromatic carbocycles. The Bertz CT molecular complexity index is 505. The minimum absolute atomic E-state index is 0.503. The van der Waals surface area contributed by atoms with Gasteiger partial charge in [0.1, 0.15) is 11.4 Å². The van der Waals surface area contributed by atoms with E-state index in [4.69, 9.17) is 9.47 Å². The molecule has 1 unspecified atom stereocenters. The summed E-state index contributed by atoms with van der Waals surface area (Å²) in [6, 6.07) is 6.86. The molecule has 1 amide bonds. The standard InChI is InChI=1S/C19H31NO4/c1-7-13(2)12-23-16-10-8-15(9-11-16)17(14(3)21)20-18(22)24-19(4,5)6/h8-11,13-14,17,21H,7,12H2,1-6H3,(H,20,22)/t13?,14-,17+/m1/s1. The van der Waals surface area contributed by atoms with Crippen molar-refractivity contribution in [1.82, 2.24) is 5.32 Å². The van der Waals surface area contributed by atoms with Gasteiger partial charge in [-0.1, -0.05) is 32.4 Å². The molecular weight excluding hydrogens is 306 g/mol. The van der Waals surface area contributed by atoms with Gasteiger partial charge < -0.3 is 19.9 Å². The molecule has 1 aromatic rings. The number of hydrogen-bond acceptors (Lipinski definition) is 4. The average molecular weight is 337 g/mol. The molecule has 0 saturated carbocycles. The van der Waals surface area contributed by atoms with Gasteiger partial charge in [0, 0.05) is 0 Å². The van der Waals surface area contributed by atoms with Crippen LogP contribution >= 0.6 is 0 Å². The van der Waals surface area contributed by atoms with Gasteiger partial charge >= 0.3 is 6.09 Å². The van der Waals surface area contributed by atoms with Crippen LogP contribution in [0.5, 0.6) is 5.75 Å². The van der Waals surface area contributed by atoms with Crippen LogP contribution in [0.4, 0.5) is 4.79 Å². The van der Waals surface area contributed by atoms with E-state index in [1.54, 1.807) is 27.7 Å². The van der Waals surface area contributed by atoms with Crippen molar-refractivity contribution >= 4 is 6.09 Å². The SMILES string of the molecule is CCC(C)COc1ccc([C@@H](NC(=O)OC(C)(C)C)[C@@H](C)O)cc1. The Morgan fingerprint density at radius 2 is 1.79 bits per heavy atom. The van der Waals surface area contributed by atoms with E-state index in [1.807, 2.05) is 24.3 Å². The summed E-state index contributed by atoms with van der Waals surface area (Å²) < 4.78 is 11.0. The Balaban J connectivity index is 2.73. The first-order valence-electron chi connectivity index (χ1n) is 8.52. The predicted molar refractivity (Wildman–Crippen MR) is 95.2 cm³/mol. The molecule has 0 spiro atoms. The van der Waals surface area contributed by atoms with Crippen LogP contribution in [0, 0.1) is 5.92 Å². The number of carbonyl (C=O) groups is 1. The minimum atomic E-state index is -0.746. The Morgan fingerprint density at radius 3 is 2.25 bits per heavy atom. The van der Waals surface area contributed by atoms with Gasteiger partial charge in [0.2, 0.25) is 0 Å². The topological polar surface area (TPSA) is 67.8 Å². The van der Waals surface area contributed by atoms with Gasteiger partial charge in [-0.25, -0.2) is 4.79 Å². The number of carbonyl (C=O) groups excluding carboxylic acids is 1. The fraction of sp³-hybridized carbons (Fsp3) is 0.632. The van der Waals surface area contributed by atoms with Gasteiger partial charge in [-0.2, -0.15) is 0 Å². The summed E-state index contributed by atoms with van der Waals surface area (Å²) >= 11 is 0. The van der Waals surface area contributed by atoms with Crippen LogP contribution in [0.25, 0.3) is 0 Å². The fourth-order valence-corrected chi connectivity index (χ4v) is 2.04. The third-order valence-corrected chi connectivity index (χ3v) is 3.63. The molecule has 136 valence electrons. The first kappa shape index (κ1) is 20.3. The minimum Gasteiger partial charge on any atom is -0.493 e. The largest absolute Gasteiger partial charge is 0.493 e. The van der Waals surface area contributed by atoms with Crippen molar-refractivity contribution in [1.29, 1.82) is 0 Å². The zero-order valence-corrected chi connectivity index (χ0v) is 15.6. The van der Waals surface area contributed by atoms with Crippen molar-refractivity contribution < 1.29 is 19.4 Å². The lowest BCUT2D eigenvalue weighted by molar-refractivity contribution is 0.0436. The van der Waals surface area contributed by atoms with Crippen molar-refractivity contribution in [3.63, 3.8) is 0 Å². The van der Waals surface area contributed by atoms with Crippen molar-refractivity contribution in [2.45, 2.75) is 65.7 Å². The second-order valence-corrected chi connectivity index (χ2v) is 7.26. The summed E-state index contributed by atoms with van der Waals surface area (Å²) in [5, 5.41) is 12.7. The van der Waals surface area contributed by atoms with E-state index in [9.17, 15) is 9.90 Å². The third-order valence-electron chi connectivity index (χ3n) is 3.63. The molecule has 1 rings (SSSR count). The Hall–Kier alpha value is -1.75. The first-order chi connectivity index (χ1) is 11.1. The van der Waals surface area contributed by atoms with E-state index in [1.165, 1.54) is 0 Å². The van der Waals surface area contributed by atoms with Crippen LogP contribution in [-0.4, -0.2) is 29.5 Å². The zero-order valence-electron chi connectivity index (χ0n) is 15.6. The molecule has 0 aliphatic heterocycles. The summed E-state index contributed by atoms with van der Waals surface area (Å²) in [7, 11) is 0. The van der Waals surface area contributed by atoms with Crippen LogP contribution in [-0.2, 0) is 4.74 Å². The highest BCUT2D eigenvalue weighted by Crippen LogP contribution is 2.22. The number of aliphatic hydroxyl groups is 1. The lowest BCUT2D eigenvalue weighted by atomic mass is 10.0. The first-order valence-corrected chi connectivity index (χ1v) is 8.52.